The van der Waals surface area contributed by atoms with Crippen molar-refractivity contribution >= 4 is 38.1 Å². The van der Waals surface area contributed by atoms with Gasteiger partial charge >= 0.3 is 0 Å². The lowest BCUT2D eigenvalue weighted by Gasteiger charge is -2.27. The van der Waals surface area contributed by atoms with Crippen LogP contribution in [0.5, 0.6) is 0 Å². The lowest BCUT2D eigenvalue weighted by atomic mass is 9.75. The van der Waals surface area contributed by atoms with E-state index in [0.717, 1.165) is 0 Å². The summed E-state index contributed by atoms with van der Waals surface area (Å²) in [6.45, 7) is 0. The normalized spacial score (nSPS) is 17.1. The molecule has 0 aliphatic heterocycles. The summed E-state index contributed by atoms with van der Waals surface area (Å²) in [6.07, 6.45) is 13.0. The minimum atomic E-state index is 0.153. The summed E-state index contributed by atoms with van der Waals surface area (Å²) in [6, 6.07) is 16.0. The quantitative estimate of drug-likeness (QED) is 0.300. The number of fused-ring (bicyclic) bond motifs is 12. The van der Waals surface area contributed by atoms with E-state index in [1.807, 2.05) is 24.8 Å². The minimum absolute atomic E-state index is 0.153. The van der Waals surface area contributed by atoms with Crippen molar-refractivity contribution in [3.05, 3.63) is 78.4 Å². The summed E-state index contributed by atoms with van der Waals surface area (Å²) in [5.41, 5.74) is 9.85. The smallest absolute Gasteiger partial charge is 0.0725 e. The Labute approximate surface area is 173 Å². The molecule has 0 bridgehead atoms. The van der Waals surface area contributed by atoms with Gasteiger partial charge < -0.3 is 4.40 Å². The average molecular weight is 385 g/mol. The van der Waals surface area contributed by atoms with E-state index in [1.165, 1.54) is 74.9 Å². The van der Waals surface area contributed by atoms with Crippen LogP contribution in [0.15, 0.2) is 67.3 Å². The van der Waals surface area contributed by atoms with Crippen LogP contribution < -0.4 is 0 Å². The third-order valence-corrected chi connectivity index (χ3v) is 7.83. The molecule has 0 amide bonds. The Morgan fingerprint density at radius 2 is 1.50 bits per heavy atom. The van der Waals surface area contributed by atoms with E-state index in [1.54, 1.807) is 11.1 Å². The van der Waals surface area contributed by atoms with Crippen molar-refractivity contribution < 1.29 is 0 Å². The van der Waals surface area contributed by atoms with Crippen LogP contribution in [0, 0.1) is 0 Å². The fraction of sp³-hybridized carbons (Fsp3) is 0.185. The molecule has 0 saturated heterocycles. The van der Waals surface area contributed by atoms with Crippen molar-refractivity contribution in [3.63, 3.8) is 0 Å². The Kier molecular flexibility index (Phi) is 2.56. The van der Waals surface area contributed by atoms with E-state index in [-0.39, 0.29) is 5.41 Å². The molecule has 142 valence electrons. The first-order chi connectivity index (χ1) is 14.9. The largest absolute Gasteiger partial charge is 0.305 e. The molecule has 2 aromatic carbocycles. The molecular weight excluding hydrogens is 366 g/mol. The van der Waals surface area contributed by atoms with E-state index < -0.39 is 0 Å². The van der Waals surface area contributed by atoms with Crippen LogP contribution in [0.3, 0.4) is 0 Å². The molecule has 4 aromatic heterocycles. The van der Waals surface area contributed by atoms with E-state index >= 15 is 0 Å². The predicted octanol–water partition coefficient (Wildman–Crippen LogP) is 6.47. The first-order valence-electron chi connectivity index (χ1n) is 10.9. The first kappa shape index (κ1) is 15.4. The topological polar surface area (TPSA) is 30.2 Å². The maximum atomic E-state index is 4.49. The summed E-state index contributed by atoms with van der Waals surface area (Å²) in [5, 5.41) is 5.38. The molecule has 1 saturated carbocycles. The third-order valence-electron chi connectivity index (χ3n) is 7.83. The summed E-state index contributed by atoms with van der Waals surface area (Å²) in [5.74, 6) is 0. The molecule has 0 radical (unpaired) electrons. The highest BCUT2D eigenvalue weighted by Crippen LogP contribution is 2.60. The molecule has 0 unspecified atom stereocenters. The number of aromatic nitrogens is 3. The monoisotopic (exact) mass is 385 g/mol. The second kappa shape index (κ2) is 4.99. The van der Waals surface area contributed by atoms with Gasteiger partial charge in [0.1, 0.15) is 0 Å². The van der Waals surface area contributed by atoms with Crippen molar-refractivity contribution in [2.45, 2.75) is 31.1 Å². The van der Waals surface area contributed by atoms with Crippen molar-refractivity contribution in [3.8, 4) is 11.1 Å². The Morgan fingerprint density at radius 1 is 0.767 bits per heavy atom. The van der Waals surface area contributed by atoms with Gasteiger partial charge in [0.05, 0.1) is 28.9 Å². The number of hydrogen-bond acceptors (Lipinski definition) is 2. The molecule has 3 nitrogen and oxygen atoms in total. The van der Waals surface area contributed by atoms with Gasteiger partial charge in [-0.25, -0.2) is 0 Å². The molecule has 0 N–H and O–H groups in total. The molecule has 2 aliphatic carbocycles. The molecule has 2 aliphatic rings. The van der Waals surface area contributed by atoms with Crippen LogP contribution >= 0.6 is 0 Å². The number of nitrogens with zero attached hydrogens (tertiary/aromatic N) is 3. The molecule has 1 spiro atoms. The molecule has 4 heterocycles. The van der Waals surface area contributed by atoms with Gasteiger partial charge in [-0.15, -0.1) is 0 Å². The van der Waals surface area contributed by atoms with Gasteiger partial charge in [-0.1, -0.05) is 37.1 Å². The Balaban J connectivity index is 1.72. The Hall–Kier alpha value is -3.46. The second-order valence-corrected chi connectivity index (χ2v) is 9.03. The number of rotatable bonds is 0. The summed E-state index contributed by atoms with van der Waals surface area (Å²) in [7, 11) is 0. The van der Waals surface area contributed by atoms with E-state index in [0.29, 0.717) is 0 Å². The molecule has 6 aromatic rings. The van der Waals surface area contributed by atoms with Gasteiger partial charge in [-0.3, -0.25) is 9.97 Å². The van der Waals surface area contributed by atoms with Gasteiger partial charge in [-0.05, 0) is 53.3 Å². The van der Waals surface area contributed by atoms with Crippen LogP contribution in [0.25, 0.3) is 49.2 Å². The lowest BCUT2D eigenvalue weighted by molar-refractivity contribution is 0.554. The van der Waals surface area contributed by atoms with Crippen molar-refractivity contribution in [2.75, 3.05) is 0 Å². The first-order valence-corrected chi connectivity index (χ1v) is 10.9. The van der Waals surface area contributed by atoms with Crippen LogP contribution in [-0.4, -0.2) is 14.4 Å². The molecule has 1 fully saturated rings. The highest BCUT2D eigenvalue weighted by atomic mass is 14.9. The maximum absolute atomic E-state index is 4.49. The highest BCUT2D eigenvalue weighted by molar-refractivity contribution is 6.26. The summed E-state index contributed by atoms with van der Waals surface area (Å²) < 4.78 is 2.40. The van der Waals surface area contributed by atoms with Gasteiger partial charge in [-0.2, -0.15) is 0 Å². The highest BCUT2D eigenvalue weighted by Gasteiger charge is 2.47. The maximum Gasteiger partial charge on any atom is 0.0725 e. The molecule has 0 atom stereocenters. The van der Waals surface area contributed by atoms with Gasteiger partial charge in [0.15, 0.2) is 0 Å². The fourth-order valence-corrected chi connectivity index (χ4v) is 6.79. The lowest BCUT2D eigenvalue weighted by Crippen LogP contribution is -2.20. The molecule has 8 rings (SSSR count). The second-order valence-electron chi connectivity index (χ2n) is 9.03. The Morgan fingerprint density at radius 3 is 2.33 bits per heavy atom. The third kappa shape index (κ3) is 1.52. The SMILES string of the molecule is c1ccc2c(c1)-c1cc3c4ccncc4n4c5cnccc5c(c1C21CCCC1)c34. The zero-order chi connectivity index (χ0) is 19.4. The van der Waals surface area contributed by atoms with Crippen LogP contribution in [0.4, 0.5) is 0 Å². The van der Waals surface area contributed by atoms with E-state index in [9.17, 15) is 0 Å². The fourth-order valence-electron chi connectivity index (χ4n) is 6.79. The number of benzene rings is 2. The Bertz CT molecular complexity index is 1650. The molecule has 30 heavy (non-hydrogen) atoms. The molecule has 3 heteroatoms. The van der Waals surface area contributed by atoms with Crippen LogP contribution in [0.2, 0.25) is 0 Å². The van der Waals surface area contributed by atoms with Crippen LogP contribution in [0.1, 0.15) is 36.8 Å². The summed E-state index contributed by atoms with van der Waals surface area (Å²) >= 11 is 0. The summed E-state index contributed by atoms with van der Waals surface area (Å²) in [4.78, 5) is 8.95. The minimum Gasteiger partial charge on any atom is -0.305 e. The van der Waals surface area contributed by atoms with E-state index in [4.69, 9.17) is 0 Å². The zero-order valence-corrected chi connectivity index (χ0v) is 16.5. The van der Waals surface area contributed by atoms with Crippen molar-refractivity contribution in [1.29, 1.82) is 0 Å². The van der Waals surface area contributed by atoms with Crippen molar-refractivity contribution in [1.82, 2.24) is 14.4 Å². The number of hydrogen-bond donors (Lipinski definition) is 0. The van der Waals surface area contributed by atoms with Crippen LogP contribution in [-0.2, 0) is 5.41 Å². The zero-order valence-electron chi connectivity index (χ0n) is 16.5. The average Bonchev–Trinajstić information content (AvgIpc) is 3.55. The standard InChI is InChI=1S/C27H19N3/c1-2-6-21-16(5-1)19-13-20-17-7-11-28-14-22(17)30-23-15-29-12-8-18(23)24(26(20)30)25(19)27(21)9-3-4-10-27/h1-2,5-8,11-15H,3-4,9-10H2. The van der Waals surface area contributed by atoms with Gasteiger partial charge in [0, 0.05) is 39.4 Å². The van der Waals surface area contributed by atoms with Gasteiger partial charge in [0.25, 0.3) is 0 Å². The van der Waals surface area contributed by atoms with E-state index in [2.05, 4.69) is 56.8 Å². The van der Waals surface area contributed by atoms with Crippen molar-refractivity contribution in [2.24, 2.45) is 0 Å². The molecular formula is C27H19N3. The van der Waals surface area contributed by atoms with Gasteiger partial charge in [0.2, 0.25) is 0 Å². The number of pyridine rings is 2. The predicted molar refractivity (Wildman–Crippen MR) is 121 cm³/mol.